The Morgan fingerprint density at radius 1 is 1.10 bits per heavy atom. The Balaban J connectivity index is 1.42. The number of ether oxygens (including phenoxy) is 1. The summed E-state index contributed by atoms with van der Waals surface area (Å²) in [5.74, 6) is 0.884. The van der Waals surface area contributed by atoms with Gasteiger partial charge in [-0.1, -0.05) is 36.4 Å². The lowest BCUT2D eigenvalue weighted by Crippen LogP contribution is -2.06. The van der Waals surface area contributed by atoms with Gasteiger partial charge < -0.3 is 4.74 Å². The maximum atomic E-state index is 12.0. The third-order valence-electron chi connectivity index (χ3n) is 4.33. The quantitative estimate of drug-likeness (QED) is 0.195. The van der Waals surface area contributed by atoms with Crippen molar-refractivity contribution in [3.63, 3.8) is 0 Å². The maximum Gasteiger partial charge on any atom is 0.353 e. The SMILES string of the molecule is O=C(Oc1ccc(/C=N\n2c(CCc3ccccc3)n[nH]c2=S)cc1)c1cccs1. The van der Waals surface area contributed by atoms with Crippen molar-refractivity contribution in [3.05, 3.63) is 98.7 Å². The average molecular weight is 435 g/mol. The molecule has 30 heavy (non-hydrogen) atoms. The number of nitrogens with zero attached hydrogens (tertiary/aromatic N) is 3. The Bertz CT molecular complexity index is 1190. The number of H-pyrrole nitrogens is 1. The third-order valence-corrected chi connectivity index (χ3v) is 5.45. The highest BCUT2D eigenvalue weighted by Gasteiger charge is 2.09. The van der Waals surface area contributed by atoms with Gasteiger partial charge in [0.2, 0.25) is 4.77 Å². The van der Waals surface area contributed by atoms with E-state index >= 15 is 0 Å². The first-order valence-corrected chi connectivity index (χ1v) is 10.6. The molecule has 1 N–H and O–H groups in total. The molecule has 4 rings (SSSR count). The monoisotopic (exact) mass is 434 g/mol. The van der Waals surface area contributed by atoms with Gasteiger partial charge in [0.15, 0.2) is 5.82 Å². The van der Waals surface area contributed by atoms with Crippen LogP contribution in [0.3, 0.4) is 0 Å². The minimum absolute atomic E-state index is 0.362. The zero-order chi connectivity index (χ0) is 20.8. The summed E-state index contributed by atoms with van der Waals surface area (Å²) in [5, 5.41) is 13.4. The van der Waals surface area contributed by atoms with E-state index in [4.69, 9.17) is 17.0 Å². The van der Waals surface area contributed by atoms with E-state index in [1.54, 1.807) is 29.1 Å². The second-order valence-electron chi connectivity index (χ2n) is 6.42. The van der Waals surface area contributed by atoms with Crippen LogP contribution in [0.2, 0.25) is 0 Å². The smallest absolute Gasteiger partial charge is 0.353 e. The van der Waals surface area contributed by atoms with E-state index in [0.717, 1.165) is 17.8 Å². The number of hydrogen-bond donors (Lipinski definition) is 1. The van der Waals surface area contributed by atoms with Gasteiger partial charge in [-0.2, -0.15) is 14.9 Å². The summed E-state index contributed by atoms with van der Waals surface area (Å²) in [4.78, 5) is 12.6. The molecule has 0 atom stereocenters. The van der Waals surface area contributed by atoms with Crippen LogP contribution in [0.25, 0.3) is 0 Å². The van der Waals surface area contributed by atoms with Crippen LogP contribution >= 0.6 is 23.6 Å². The number of rotatable bonds is 7. The van der Waals surface area contributed by atoms with Gasteiger partial charge in [0, 0.05) is 6.42 Å². The first kappa shape index (κ1) is 19.9. The Morgan fingerprint density at radius 2 is 1.90 bits per heavy atom. The van der Waals surface area contributed by atoms with Crippen LogP contribution in [-0.2, 0) is 12.8 Å². The topological polar surface area (TPSA) is 72.3 Å². The minimum Gasteiger partial charge on any atom is -0.422 e. The van der Waals surface area contributed by atoms with Crippen LogP contribution in [-0.4, -0.2) is 27.1 Å². The second kappa shape index (κ2) is 9.43. The second-order valence-corrected chi connectivity index (χ2v) is 7.76. The van der Waals surface area contributed by atoms with Crippen molar-refractivity contribution in [2.45, 2.75) is 12.8 Å². The first-order valence-electron chi connectivity index (χ1n) is 9.29. The Morgan fingerprint density at radius 3 is 2.63 bits per heavy atom. The number of carbonyl (C=O) groups excluding carboxylic acids is 1. The molecule has 0 unspecified atom stereocenters. The number of benzene rings is 2. The minimum atomic E-state index is -0.362. The number of esters is 1. The van der Waals surface area contributed by atoms with Gasteiger partial charge in [0.1, 0.15) is 10.6 Å². The fourth-order valence-electron chi connectivity index (χ4n) is 2.80. The first-order chi connectivity index (χ1) is 14.7. The molecule has 150 valence electrons. The van der Waals surface area contributed by atoms with E-state index in [0.29, 0.717) is 21.8 Å². The number of aromatic amines is 1. The number of hydrogen-bond acceptors (Lipinski definition) is 6. The summed E-state index contributed by atoms with van der Waals surface area (Å²) in [6.07, 6.45) is 3.26. The molecular weight excluding hydrogens is 416 g/mol. The molecule has 0 spiro atoms. The summed E-state index contributed by atoms with van der Waals surface area (Å²) in [5.41, 5.74) is 2.08. The lowest BCUT2D eigenvalue weighted by atomic mass is 10.1. The number of aryl methyl sites for hydroxylation is 2. The largest absolute Gasteiger partial charge is 0.422 e. The molecule has 0 fully saturated rings. The maximum absolute atomic E-state index is 12.0. The van der Waals surface area contributed by atoms with E-state index in [2.05, 4.69) is 27.4 Å². The normalized spacial score (nSPS) is 11.1. The predicted molar refractivity (Wildman–Crippen MR) is 120 cm³/mol. The lowest BCUT2D eigenvalue weighted by Gasteiger charge is -2.03. The molecule has 0 aliphatic carbocycles. The summed E-state index contributed by atoms with van der Waals surface area (Å²) in [6, 6.07) is 20.9. The lowest BCUT2D eigenvalue weighted by molar-refractivity contribution is 0.0740. The van der Waals surface area contributed by atoms with Crippen LogP contribution in [0, 0.1) is 4.77 Å². The molecule has 8 heteroatoms. The van der Waals surface area contributed by atoms with Crippen molar-refractivity contribution in [1.82, 2.24) is 14.9 Å². The summed E-state index contributed by atoms with van der Waals surface area (Å²) >= 11 is 6.65. The van der Waals surface area contributed by atoms with Gasteiger partial charge in [0.25, 0.3) is 0 Å². The van der Waals surface area contributed by atoms with E-state index in [-0.39, 0.29) is 5.97 Å². The Kier molecular flexibility index (Phi) is 6.26. The Hall–Kier alpha value is -3.36. The van der Waals surface area contributed by atoms with Gasteiger partial charge in [-0.15, -0.1) is 11.3 Å². The number of nitrogens with one attached hydrogen (secondary N) is 1. The van der Waals surface area contributed by atoms with Crippen LogP contribution in [0.5, 0.6) is 5.75 Å². The van der Waals surface area contributed by atoms with Crippen LogP contribution in [0.1, 0.15) is 26.6 Å². The van der Waals surface area contributed by atoms with E-state index in [9.17, 15) is 4.79 Å². The van der Waals surface area contributed by atoms with Gasteiger partial charge >= 0.3 is 5.97 Å². The van der Waals surface area contributed by atoms with E-state index < -0.39 is 0 Å². The Labute approximate surface area is 182 Å². The van der Waals surface area contributed by atoms with Crippen LogP contribution in [0.4, 0.5) is 0 Å². The molecular formula is C22H18N4O2S2. The van der Waals surface area contributed by atoms with Crippen molar-refractivity contribution in [3.8, 4) is 5.75 Å². The van der Waals surface area contributed by atoms with E-state index in [1.165, 1.54) is 16.9 Å². The molecule has 0 radical (unpaired) electrons. The molecule has 0 aliphatic rings. The number of aromatic nitrogens is 3. The zero-order valence-electron chi connectivity index (χ0n) is 15.9. The van der Waals surface area contributed by atoms with Crippen molar-refractivity contribution in [2.24, 2.45) is 5.10 Å². The zero-order valence-corrected chi connectivity index (χ0v) is 17.5. The molecule has 0 aliphatic heterocycles. The molecule has 2 aromatic carbocycles. The van der Waals surface area contributed by atoms with E-state index in [1.807, 2.05) is 41.8 Å². The molecule has 4 aromatic rings. The highest BCUT2D eigenvalue weighted by molar-refractivity contribution is 7.71. The summed E-state index contributed by atoms with van der Waals surface area (Å²) in [6.45, 7) is 0. The van der Waals surface area contributed by atoms with Crippen molar-refractivity contribution in [2.75, 3.05) is 0 Å². The molecule has 2 heterocycles. The van der Waals surface area contributed by atoms with Crippen molar-refractivity contribution in [1.29, 1.82) is 0 Å². The average Bonchev–Trinajstić information content (AvgIpc) is 3.43. The molecule has 0 bridgehead atoms. The molecule has 0 saturated heterocycles. The van der Waals surface area contributed by atoms with Gasteiger partial charge in [-0.3, -0.25) is 5.10 Å². The van der Waals surface area contributed by atoms with Crippen LogP contribution in [0.15, 0.2) is 77.2 Å². The van der Waals surface area contributed by atoms with Gasteiger partial charge in [0.05, 0.1) is 6.21 Å². The fraction of sp³-hybridized carbons (Fsp3) is 0.0909. The molecule has 2 aromatic heterocycles. The molecule has 0 amide bonds. The molecule has 0 saturated carbocycles. The standard InChI is InChI=1S/C22H18N4O2S2/c27-21(19-7-4-14-30-19)28-18-11-8-17(9-12-18)15-23-26-20(24-25-22(26)29)13-10-16-5-2-1-3-6-16/h1-9,11-12,14-15H,10,13H2,(H,25,29)/b23-15-. The van der Waals surface area contributed by atoms with Crippen molar-refractivity contribution < 1.29 is 9.53 Å². The highest BCUT2D eigenvalue weighted by Crippen LogP contribution is 2.16. The van der Waals surface area contributed by atoms with Crippen molar-refractivity contribution >= 4 is 35.7 Å². The predicted octanol–water partition coefficient (Wildman–Crippen LogP) is 4.89. The van der Waals surface area contributed by atoms with Gasteiger partial charge in [-0.25, -0.2) is 4.79 Å². The number of thiophene rings is 1. The van der Waals surface area contributed by atoms with Crippen LogP contribution < -0.4 is 4.74 Å². The number of carbonyl (C=O) groups is 1. The highest BCUT2D eigenvalue weighted by atomic mass is 32.1. The fourth-order valence-corrected chi connectivity index (χ4v) is 3.60. The summed E-state index contributed by atoms with van der Waals surface area (Å²) in [7, 11) is 0. The molecule has 6 nitrogen and oxygen atoms in total. The third kappa shape index (κ3) is 4.97. The van der Waals surface area contributed by atoms with Gasteiger partial charge in [-0.05, 0) is 65.5 Å². The summed E-state index contributed by atoms with van der Waals surface area (Å²) < 4.78 is 7.44.